The molecule has 18 heavy (non-hydrogen) atoms. The minimum absolute atomic E-state index is 0.237. The van der Waals surface area contributed by atoms with Crippen LogP contribution in [0.4, 0.5) is 0 Å². The van der Waals surface area contributed by atoms with Crippen LogP contribution in [0.1, 0.15) is 38.2 Å². The zero-order valence-corrected chi connectivity index (χ0v) is 10.7. The van der Waals surface area contributed by atoms with E-state index in [4.69, 9.17) is 5.11 Å². The summed E-state index contributed by atoms with van der Waals surface area (Å²) in [6, 6.07) is 8.59. The number of hydrogen-bond acceptors (Lipinski definition) is 4. The molecule has 1 aromatic rings. The Bertz CT molecular complexity index is 350. The predicted molar refractivity (Wildman–Crippen MR) is 68.7 cm³/mol. The quantitative estimate of drug-likeness (QED) is 0.550. The van der Waals surface area contributed by atoms with Crippen molar-refractivity contribution >= 4 is 0 Å². The second-order valence-electron chi connectivity index (χ2n) is 4.62. The van der Waals surface area contributed by atoms with Crippen LogP contribution in [0.5, 0.6) is 0 Å². The van der Waals surface area contributed by atoms with E-state index < -0.39 is 18.0 Å². The molecule has 0 radical (unpaired) electrons. The van der Waals surface area contributed by atoms with Gasteiger partial charge < -0.3 is 20.4 Å². The molecule has 0 spiro atoms. The van der Waals surface area contributed by atoms with E-state index in [1.54, 1.807) is 30.3 Å². The summed E-state index contributed by atoms with van der Waals surface area (Å²) >= 11 is 0. The van der Waals surface area contributed by atoms with Crippen molar-refractivity contribution in [3.63, 3.8) is 0 Å². The zero-order chi connectivity index (χ0) is 13.6. The molecule has 0 aromatic heterocycles. The Morgan fingerprint density at radius 2 is 1.61 bits per heavy atom. The van der Waals surface area contributed by atoms with Crippen molar-refractivity contribution in [1.82, 2.24) is 0 Å². The standard InChI is InChI=1S/C14H22O4/c1-2-3-9-13(16,14(17,18)10-11-15)12-7-5-4-6-8-12/h4-8,15-18H,2-3,9-11H2,1H3. The lowest BCUT2D eigenvalue weighted by atomic mass is 9.80. The van der Waals surface area contributed by atoms with Crippen LogP contribution < -0.4 is 0 Å². The first-order valence-electron chi connectivity index (χ1n) is 6.31. The Labute approximate surface area is 108 Å². The molecule has 1 atom stereocenters. The van der Waals surface area contributed by atoms with Crippen LogP contribution in [0.3, 0.4) is 0 Å². The van der Waals surface area contributed by atoms with Gasteiger partial charge in [0.25, 0.3) is 0 Å². The Balaban J connectivity index is 3.09. The van der Waals surface area contributed by atoms with Crippen molar-refractivity contribution in [3.8, 4) is 0 Å². The Kier molecular flexibility index (Phi) is 5.28. The topological polar surface area (TPSA) is 80.9 Å². The van der Waals surface area contributed by atoms with Gasteiger partial charge in [0.15, 0.2) is 5.79 Å². The molecule has 4 nitrogen and oxygen atoms in total. The molecule has 1 aromatic carbocycles. The lowest BCUT2D eigenvalue weighted by Gasteiger charge is -2.40. The predicted octanol–water partition coefficient (Wildman–Crippen LogP) is 1.13. The van der Waals surface area contributed by atoms with Crippen molar-refractivity contribution in [2.45, 2.75) is 44.0 Å². The molecule has 0 aliphatic carbocycles. The minimum atomic E-state index is -2.34. The van der Waals surface area contributed by atoms with Gasteiger partial charge in [0, 0.05) is 13.0 Å². The highest BCUT2D eigenvalue weighted by Crippen LogP contribution is 2.38. The average Bonchev–Trinajstić information content (AvgIpc) is 2.36. The monoisotopic (exact) mass is 254 g/mol. The van der Waals surface area contributed by atoms with Crippen LogP contribution in [0.25, 0.3) is 0 Å². The maximum absolute atomic E-state index is 10.7. The van der Waals surface area contributed by atoms with Crippen LogP contribution >= 0.6 is 0 Å². The van der Waals surface area contributed by atoms with E-state index in [0.717, 1.165) is 6.42 Å². The number of benzene rings is 1. The molecule has 4 N–H and O–H groups in total. The summed E-state index contributed by atoms with van der Waals surface area (Å²) in [5, 5.41) is 39.7. The summed E-state index contributed by atoms with van der Waals surface area (Å²) in [4.78, 5) is 0. The van der Waals surface area contributed by atoms with Gasteiger partial charge in [-0.05, 0) is 12.0 Å². The summed E-state index contributed by atoms with van der Waals surface area (Å²) in [5.74, 6) is -2.34. The van der Waals surface area contributed by atoms with E-state index in [-0.39, 0.29) is 12.8 Å². The minimum Gasteiger partial charge on any atom is -0.396 e. The van der Waals surface area contributed by atoms with Crippen LogP contribution in [0.2, 0.25) is 0 Å². The van der Waals surface area contributed by atoms with Gasteiger partial charge >= 0.3 is 0 Å². The largest absolute Gasteiger partial charge is 0.396 e. The summed E-state index contributed by atoms with van der Waals surface area (Å²) in [6.07, 6.45) is 1.45. The Hall–Kier alpha value is -0.940. The van der Waals surface area contributed by atoms with Crippen molar-refractivity contribution in [2.24, 2.45) is 0 Å². The highest BCUT2D eigenvalue weighted by Gasteiger charge is 2.48. The summed E-state index contributed by atoms with van der Waals surface area (Å²) in [5.41, 5.74) is -1.30. The van der Waals surface area contributed by atoms with Crippen LogP contribution in [0, 0.1) is 0 Å². The lowest BCUT2D eigenvalue weighted by Crippen LogP contribution is -2.52. The van der Waals surface area contributed by atoms with Gasteiger partial charge in [0.1, 0.15) is 5.60 Å². The smallest absolute Gasteiger partial charge is 0.198 e. The zero-order valence-electron chi connectivity index (χ0n) is 10.7. The van der Waals surface area contributed by atoms with Crippen LogP contribution in [0.15, 0.2) is 30.3 Å². The van der Waals surface area contributed by atoms with Gasteiger partial charge in [-0.15, -0.1) is 0 Å². The molecule has 1 unspecified atom stereocenters. The fourth-order valence-electron chi connectivity index (χ4n) is 2.08. The first-order valence-corrected chi connectivity index (χ1v) is 6.31. The third kappa shape index (κ3) is 3.09. The molecule has 0 saturated heterocycles. The fraction of sp³-hybridized carbons (Fsp3) is 0.571. The molecule has 0 amide bonds. The molecule has 0 aliphatic heterocycles. The maximum atomic E-state index is 10.7. The van der Waals surface area contributed by atoms with E-state index in [1.807, 2.05) is 6.92 Å². The van der Waals surface area contributed by atoms with Gasteiger partial charge in [-0.2, -0.15) is 0 Å². The molecule has 1 rings (SSSR count). The molecular weight excluding hydrogens is 232 g/mol. The van der Waals surface area contributed by atoms with Gasteiger partial charge in [-0.25, -0.2) is 0 Å². The van der Waals surface area contributed by atoms with Crippen molar-refractivity contribution in [3.05, 3.63) is 35.9 Å². The first-order chi connectivity index (χ1) is 8.48. The number of rotatable bonds is 7. The number of aliphatic hydroxyl groups is 4. The second-order valence-corrected chi connectivity index (χ2v) is 4.62. The van der Waals surface area contributed by atoms with Crippen LogP contribution in [-0.2, 0) is 5.60 Å². The van der Waals surface area contributed by atoms with Gasteiger partial charge in [-0.3, -0.25) is 0 Å². The van der Waals surface area contributed by atoms with Gasteiger partial charge in [-0.1, -0.05) is 50.1 Å². The molecule has 4 heteroatoms. The van der Waals surface area contributed by atoms with Crippen molar-refractivity contribution in [1.29, 1.82) is 0 Å². The summed E-state index contributed by atoms with van der Waals surface area (Å²) in [6.45, 7) is 1.57. The first kappa shape index (κ1) is 15.1. The summed E-state index contributed by atoms with van der Waals surface area (Å²) in [7, 11) is 0. The summed E-state index contributed by atoms with van der Waals surface area (Å²) < 4.78 is 0. The Morgan fingerprint density at radius 1 is 1.00 bits per heavy atom. The third-order valence-corrected chi connectivity index (χ3v) is 3.27. The molecule has 0 heterocycles. The van der Waals surface area contributed by atoms with E-state index in [2.05, 4.69) is 0 Å². The van der Waals surface area contributed by atoms with E-state index in [9.17, 15) is 15.3 Å². The van der Waals surface area contributed by atoms with Crippen molar-refractivity contribution < 1.29 is 20.4 Å². The van der Waals surface area contributed by atoms with Crippen LogP contribution in [-0.4, -0.2) is 32.8 Å². The second kappa shape index (κ2) is 6.29. The molecule has 102 valence electrons. The highest BCUT2D eigenvalue weighted by atomic mass is 16.5. The van der Waals surface area contributed by atoms with Gasteiger partial charge in [0.2, 0.25) is 0 Å². The normalized spacial score (nSPS) is 15.4. The molecular formula is C14H22O4. The maximum Gasteiger partial charge on any atom is 0.198 e. The highest BCUT2D eigenvalue weighted by molar-refractivity contribution is 5.25. The SMILES string of the molecule is CCCCC(O)(c1ccccc1)C(O)(O)CCO. The van der Waals surface area contributed by atoms with E-state index in [0.29, 0.717) is 12.0 Å². The van der Waals surface area contributed by atoms with E-state index in [1.165, 1.54) is 0 Å². The third-order valence-electron chi connectivity index (χ3n) is 3.27. The molecule has 0 saturated carbocycles. The van der Waals surface area contributed by atoms with Gasteiger partial charge in [0.05, 0.1) is 0 Å². The average molecular weight is 254 g/mol. The molecule has 0 fully saturated rings. The van der Waals surface area contributed by atoms with E-state index >= 15 is 0 Å². The number of aliphatic hydroxyl groups excluding tert-OH is 1. The molecule has 0 aliphatic rings. The lowest BCUT2D eigenvalue weighted by molar-refractivity contribution is -0.289. The fourth-order valence-corrected chi connectivity index (χ4v) is 2.08. The number of hydrogen-bond donors (Lipinski definition) is 4. The molecule has 0 bridgehead atoms. The van der Waals surface area contributed by atoms with Crippen molar-refractivity contribution in [2.75, 3.05) is 6.61 Å². The Morgan fingerprint density at radius 3 is 2.11 bits per heavy atom. The number of unbranched alkanes of at least 4 members (excludes halogenated alkanes) is 1.